The van der Waals surface area contributed by atoms with Gasteiger partial charge in [0.1, 0.15) is 5.69 Å². The van der Waals surface area contributed by atoms with E-state index in [-0.39, 0.29) is 17.5 Å². The monoisotopic (exact) mass is 458 g/mol. The van der Waals surface area contributed by atoms with E-state index in [1.165, 1.54) is 5.56 Å². The summed E-state index contributed by atoms with van der Waals surface area (Å²) < 4.78 is 3.33. The minimum absolute atomic E-state index is 0.174. The van der Waals surface area contributed by atoms with Crippen LogP contribution in [0.1, 0.15) is 23.7 Å². The van der Waals surface area contributed by atoms with E-state index < -0.39 is 0 Å². The van der Waals surface area contributed by atoms with Crippen molar-refractivity contribution >= 4 is 11.6 Å². The van der Waals surface area contributed by atoms with Gasteiger partial charge in [-0.2, -0.15) is 5.26 Å². The summed E-state index contributed by atoms with van der Waals surface area (Å²) in [5, 5.41) is 11.8. The maximum Gasteiger partial charge on any atom is 0.295 e. The molecule has 0 radical (unpaired) electrons. The molecule has 1 unspecified atom stereocenters. The first kappa shape index (κ1) is 23.5. The fourth-order valence-corrected chi connectivity index (χ4v) is 4.36. The SMILES string of the molecule is Cc1c(NC(=O)C(C)N2CCN(Cc3ccc(C#N)cc3)CC2)c(=O)n(-c2ccccc2)n1C. The third-order valence-corrected chi connectivity index (χ3v) is 6.63. The molecule has 1 amide bonds. The smallest absolute Gasteiger partial charge is 0.295 e. The zero-order chi connectivity index (χ0) is 24.2. The normalized spacial score (nSPS) is 15.6. The highest BCUT2D eigenvalue weighted by Crippen LogP contribution is 2.16. The highest BCUT2D eigenvalue weighted by atomic mass is 16.2. The molecule has 8 nitrogen and oxygen atoms in total. The first-order valence-electron chi connectivity index (χ1n) is 11.5. The van der Waals surface area contributed by atoms with E-state index in [1.807, 2.05) is 75.5 Å². The van der Waals surface area contributed by atoms with Crippen molar-refractivity contribution in [1.29, 1.82) is 5.26 Å². The first-order valence-corrected chi connectivity index (χ1v) is 11.5. The zero-order valence-corrected chi connectivity index (χ0v) is 19.9. The molecule has 2 heterocycles. The molecular formula is C26H30N6O2. The second kappa shape index (κ2) is 10.1. The summed E-state index contributed by atoms with van der Waals surface area (Å²) >= 11 is 0. The molecule has 4 rings (SSSR count). The molecule has 0 saturated carbocycles. The molecule has 176 valence electrons. The van der Waals surface area contributed by atoms with E-state index in [0.29, 0.717) is 16.9 Å². The lowest BCUT2D eigenvalue weighted by molar-refractivity contribution is -0.121. The van der Waals surface area contributed by atoms with Crippen molar-refractivity contribution in [2.75, 3.05) is 31.5 Å². The van der Waals surface area contributed by atoms with E-state index in [4.69, 9.17) is 5.26 Å². The quantitative estimate of drug-likeness (QED) is 0.613. The molecular weight excluding hydrogens is 428 g/mol. The number of amides is 1. The van der Waals surface area contributed by atoms with Crippen molar-refractivity contribution < 1.29 is 4.79 Å². The van der Waals surface area contributed by atoms with Crippen molar-refractivity contribution in [3.8, 4) is 11.8 Å². The molecule has 8 heteroatoms. The minimum atomic E-state index is -0.346. The highest BCUT2D eigenvalue weighted by Gasteiger charge is 2.27. The van der Waals surface area contributed by atoms with E-state index in [0.717, 1.165) is 38.4 Å². The Morgan fingerprint density at radius 2 is 1.71 bits per heavy atom. The van der Waals surface area contributed by atoms with Crippen molar-refractivity contribution in [2.24, 2.45) is 7.05 Å². The number of piperazine rings is 1. The molecule has 0 bridgehead atoms. The Morgan fingerprint density at radius 3 is 2.32 bits per heavy atom. The standard InChI is InChI=1S/C26H30N6O2/c1-19-24(26(34)32(29(19)3)23-7-5-4-6-8-23)28-25(33)20(2)31-15-13-30(14-16-31)18-22-11-9-21(17-27)10-12-22/h4-12,20H,13-16,18H2,1-3H3,(H,28,33). The van der Waals surface area contributed by atoms with Gasteiger partial charge in [-0.1, -0.05) is 30.3 Å². The Hall–Kier alpha value is -3.67. The van der Waals surface area contributed by atoms with Crippen molar-refractivity contribution in [2.45, 2.75) is 26.4 Å². The van der Waals surface area contributed by atoms with Crippen LogP contribution in [0.5, 0.6) is 0 Å². The van der Waals surface area contributed by atoms with Gasteiger partial charge in [0.2, 0.25) is 5.91 Å². The number of carbonyl (C=O) groups excluding carboxylic acids is 1. The fourth-order valence-electron chi connectivity index (χ4n) is 4.36. The van der Waals surface area contributed by atoms with Gasteiger partial charge in [0.25, 0.3) is 5.56 Å². The number of para-hydroxylation sites is 1. The Kier molecular flexibility index (Phi) is 6.96. The molecule has 2 aromatic carbocycles. The molecule has 1 fully saturated rings. The van der Waals surface area contributed by atoms with Gasteiger partial charge in [0.05, 0.1) is 29.1 Å². The predicted molar refractivity (Wildman–Crippen MR) is 132 cm³/mol. The number of nitrogens with one attached hydrogen (secondary N) is 1. The number of hydrogen-bond donors (Lipinski definition) is 1. The van der Waals surface area contributed by atoms with Gasteiger partial charge in [0.15, 0.2) is 0 Å². The fraction of sp³-hybridized carbons (Fsp3) is 0.346. The Balaban J connectivity index is 1.37. The number of aromatic nitrogens is 2. The van der Waals surface area contributed by atoms with E-state index in [1.54, 1.807) is 9.36 Å². The molecule has 1 atom stereocenters. The van der Waals surface area contributed by atoms with E-state index in [9.17, 15) is 9.59 Å². The number of rotatable bonds is 6. The van der Waals surface area contributed by atoms with Crippen LogP contribution in [0.25, 0.3) is 5.69 Å². The van der Waals surface area contributed by atoms with E-state index in [2.05, 4.69) is 21.2 Å². The van der Waals surface area contributed by atoms with Crippen LogP contribution in [0.15, 0.2) is 59.4 Å². The Morgan fingerprint density at radius 1 is 1.06 bits per heavy atom. The number of carbonyl (C=O) groups is 1. The van der Waals surface area contributed by atoms with Crippen LogP contribution in [-0.4, -0.2) is 57.3 Å². The molecule has 0 spiro atoms. The summed E-state index contributed by atoms with van der Waals surface area (Å²) in [4.78, 5) is 30.6. The lowest BCUT2D eigenvalue weighted by Crippen LogP contribution is -2.52. The second-order valence-corrected chi connectivity index (χ2v) is 8.72. The third-order valence-electron chi connectivity index (χ3n) is 6.63. The molecule has 1 aromatic heterocycles. The van der Waals surface area contributed by atoms with Gasteiger partial charge in [-0.05, 0) is 43.7 Å². The number of nitriles is 1. The van der Waals surface area contributed by atoms with Gasteiger partial charge >= 0.3 is 0 Å². The van der Waals surface area contributed by atoms with Gasteiger partial charge in [-0.25, -0.2) is 4.68 Å². The van der Waals surface area contributed by atoms with Gasteiger partial charge < -0.3 is 5.32 Å². The number of anilines is 1. The average molecular weight is 459 g/mol. The molecule has 1 saturated heterocycles. The molecule has 34 heavy (non-hydrogen) atoms. The molecule has 1 aliphatic rings. The maximum absolute atomic E-state index is 13.1. The minimum Gasteiger partial charge on any atom is -0.319 e. The van der Waals surface area contributed by atoms with Crippen LogP contribution in [-0.2, 0) is 18.4 Å². The maximum atomic E-state index is 13.1. The van der Waals surface area contributed by atoms with Gasteiger partial charge in [0, 0.05) is 39.8 Å². The van der Waals surface area contributed by atoms with E-state index >= 15 is 0 Å². The lowest BCUT2D eigenvalue weighted by atomic mass is 10.1. The summed E-state index contributed by atoms with van der Waals surface area (Å²) in [5.41, 5.74) is 3.39. The topological polar surface area (TPSA) is 86.3 Å². The largest absolute Gasteiger partial charge is 0.319 e. The van der Waals surface area contributed by atoms with Crippen LogP contribution in [0.4, 0.5) is 5.69 Å². The molecule has 1 aliphatic heterocycles. The van der Waals surface area contributed by atoms with Gasteiger partial charge in [-0.3, -0.25) is 24.1 Å². The predicted octanol–water partition coefficient (Wildman–Crippen LogP) is 2.50. The summed E-state index contributed by atoms with van der Waals surface area (Å²) in [5.74, 6) is -0.174. The highest BCUT2D eigenvalue weighted by molar-refractivity contribution is 5.95. The second-order valence-electron chi connectivity index (χ2n) is 8.72. The summed E-state index contributed by atoms with van der Waals surface area (Å²) in [6, 6.07) is 18.9. The molecule has 1 N–H and O–H groups in total. The first-order chi connectivity index (χ1) is 16.4. The van der Waals surface area contributed by atoms with Crippen molar-refractivity contribution in [3.63, 3.8) is 0 Å². The van der Waals surface area contributed by atoms with Crippen LogP contribution < -0.4 is 10.9 Å². The van der Waals surface area contributed by atoms with Crippen molar-refractivity contribution in [1.82, 2.24) is 19.2 Å². The lowest BCUT2D eigenvalue weighted by Gasteiger charge is -2.37. The van der Waals surface area contributed by atoms with Gasteiger partial charge in [-0.15, -0.1) is 0 Å². The third kappa shape index (κ3) is 4.81. The van der Waals surface area contributed by atoms with Crippen LogP contribution in [0, 0.1) is 18.3 Å². The number of hydrogen-bond acceptors (Lipinski definition) is 5. The summed E-state index contributed by atoms with van der Waals surface area (Å²) in [6.07, 6.45) is 0. The molecule has 0 aliphatic carbocycles. The zero-order valence-electron chi connectivity index (χ0n) is 19.9. The van der Waals surface area contributed by atoms with Crippen LogP contribution in [0.3, 0.4) is 0 Å². The average Bonchev–Trinajstić information content (AvgIpc) is 3.08. The summed E-state index contributed by atoms with van der Waals surface area (Å²) in [6.45, 7) is 7.79. The van der Waals surface area contributed by atoms with Crippen molar-refractivity contribution in [3.05, 3.63) is 81.8 Å². The number of benzene rings is 2. The van der Waals surface area contributed by atoms with Crippen LogP contribution >= 0.6 is 0 Å². The Labute approximate surface area is 199 Å². The van der Waals surface area contributed by atoms with Crippen LogP contribution in [0.2, 0.25) is 0 Å². The summed E-state index contributed by atoms with van der Waals surface area (Å²) in [7, 11) is 1.82. The Bertz CT molecular complexity index is 1250. The number of nitrogens with zero attached hydrogens (tertiary/aromatic N) is 5. The molecule has 3 aromatic rings.